The van der Waals surface area contributed by atoms with E-state index in [1.165, 1.54) is 0 Å². The Morgan fingerprint density at radius 2 is 1.92 bits per heavy atom. The molecule has 26 heavy (non-hydrogen) atoms. The molecule has 0 saturated carbocycles. The molecule has 0 heterocycles. The molecular weight excluding hydrogens is 445 g/mol. The second-order valence-corrected chi connectivity index (χ2v) is 5.67. The average molecular weight is 479 g/mol. The van der Waals surface area contributed by atoms with Crippen molar-refractivity contribution < 1.29 is 14.2 Å². The van der Waals surface area contributed by atoms with Crippen LogP contribution in [0.2, 0.25) is 0 Å². The smallest absolute Gasteiger partial charge is 0.193 e. The van der Waals surface area contributed by atoms with Crippen LogP contribution in [-0.2, 0) is 11.3 Å². The van der Waals surface area contributed by atoms with Gasteiger partial charge in [-0.1, -0.05) is 0 Å². The van der Waals surface area contributed by atoms with E-state index < -0.39 is 0 Å². The number of rotatable bonds is 11. The molecule has 0 spiro atoms. The van der Waals surface area contributed by atoms with E-state index in [1.54, 1.807) is 14.2 Å². The van der Waals surface area contributed by atoms with Crippen LogP contribution in [0.4, 0.5) is 0 Å². The zero-order valence-corrected chi connectivity index (χ0v) is 19.0. The van der Waals surface area contributed by atoms with Gasteiger partial charge in [0.05, 0.1) is 14.2 Å². The number of halogens is 1. The SMILES string of the molecule is CCNC(=NCCCCOCC)N(C)Cc1ccc(OC)cc1OC.I. The van der Waals surface area contributed by atoms with Gasteiger partial charge < -0.3 is 24.4 Å². The molecule has 0 atom stereocenters. The standard InChI is InChI=1S/C19H33N3O3.HI/c1-6-20-19(21-12-8-9-13-25-7-2)22(3)15-16-10-11-17(23-4)14-18(16)24-5;/h10-11,14H,6-9,12-13,15H2,1-5H3,(H,20,21);1H. The van der Waals surface area contributed by atoms with Gasteiger partial charge in [-0.25, -0.2) is 0 Å². The van der Waals surface area contributed by atoms with Gasteiger partial charge >= 0.3 is 0 Å². The number of nitrogens with zero attached hydrogens (tertiary/aromatic N) is 2. The van der Waals surface area contributed by atoms with Crippen LogP contribution in [0.5, 0.6) is 11.5 Å². The van der Waals surface area contributed by atoms with E-state index in [-0.39, 0.29) is 24.0 Å². The lowest BCUT2D eigenvalue weighted by atomic mass is 10.2. The number of unbranched alkanes of at least 4 members (excludes halogenated alkanes) is 1. The molecule has 1 aromatic rings. The van der Waals surface area contributed by atoms with Crippen LogP contribution in [0.25, 0.3) is 0 Å². The van der Waals surface area contributed by atoms with Crippen molar-refractivity contribution in [1.29, 1.82) is 0 Å². The normalized spacial score (nSPS) is 10.9. The Balaban J connectivity index is 0.00000625. The fourth-order valence-corrected chi connectivity index (χ4v) is 2.43. The van der Waals surface area contributed by atoms with Crippen molar-refractivity contribution in [1.82, 2.24) is 10.2 Å². The molecule has 0 bridgehead atoms. The summed E-state index contributed by atoms with van der Waals surface area (Å²) in [7, 11) is 5.36. The highest BCUT2D eigenvalue weighted by atomic mass is 127. The highest BCUT2D eigenvalue weighted by Crippen LogP contribution is 2.25. The Kier molecular flexibility index (Phi) is 14.2. The highest BCUT2D eigenvalue weighted by Gasteiger charge is 2.11. The average Bonchev–Trinajstić information content (AvgIpc) is 2.63. The first-order valence-electron chi connectivity index (χ1n) is 8.94. The third-order valence-corrected chi connectivity index (χ3v) is 3.76. The zero-order valence-electron chi connectivity index (χ0n) is 16.7. The number of methoxy groups -OCH3 is 2. The molecule has 0 aromatic heterocycles. The van der Waals surface area contributed by atoms with Crippen molar-refractivity contribution in [2.24, 2.45) is 4.99 Å². The number of aliphatic imine (C=N–C) groups is 1. The van der Waals surface area contributed by atoms with Gasteiger partial charge in [-0.05, 0) is 38.8 Å². The van der Waals surface area contributed by atoms with Crippen LogP contribution in [0.3, 0.4) is 0 Å². The summed E-state index contributed by atoms with van der Waals surface area (Å²) < 4.78 is 16.1. The molecule has 6 nitrogen and oxygen atoms in total. The number of ether oxygens (including phenoxy) is 3. The Hall–Kier alpha value is -1.22. The van der Waals surface area contributed by atoms with E-state index in [1.807, 2.05) is 32.2 Å². The first-order chi connectivity index (χ1) is 12.2. The van der Waals surface area contributed by atoms with Gasteiger partial charge in [0.1, 0.15) is 11.5 Å². The van der Waals surface area contributed by atoms with Crippen molar-refractivity contribution in [3.8, 4) is 11.5 Å². The van der Waals surface area contributed by atoms with Gasteiger partial charge in [-0.3, -0.25) is 4.99 Å². The van der Waals surface area contributed by atoms with Crippen LogP contribution in [-0.4, -0.2) is 58.4 Å². The number of nitrogens with one attached hydrogen (secondary N) is 1. The molecule has 0 amide bonds. The van der Waals surface area contributed by atoms with Gasteiger partial charge in [-0.2, -0.15) is 0 Å². The highest BCUT2D eigenvalue weighted by molar-refractivity contribution is 14.0. The van der Waals surface area contributed by atoms with E-state index in [4.69, 9.17) is 19.2 Å². The maximum Gasteiger partial charge on any atom is 0.193 e. The van der Waals surface area contributed by atoms with Crippen molar-refractivity contribution in [2.75, 3.05) is 47.6 Å². The molecular formula is C19H34IN3O3. The predicted octanol–water partition coefficient (Wildman–Crippen LogP) is 3.54. The fraction of sp³-hybridized carbons (Fsp3) is 0.632. The second-order valence-electron chi connectivity index (χ2n) is 5.67. The lowest BCUT2D eigenvalue weighted by Crippen LogP contribution is -2.38. The quantitative estimate of drug-likeness (QED) is 0.228. The summed E-state index contributed by atoms with van der Waals surface area (Å²) in [6, 6.07) is 5.88. The van der Waals surface area contributed by atoms with Crippen molar-refractivity contribution in [3.05, 3.63) is 23.8 Å². The van der Waals surface area contributed by atoms with Crippen LogP contribution in [0.15, 0.2) is 23.2 Å². The Bertz CT molecular complexity index is 527. The van der Waals surface area contributed by atoms with Gasteiger partial charge in [0.15, 0.2) is 5.96 Å². The van der Waals surface area contributed by atoms with Crippen LogP contribution < -0.4 is 14.8 Å². The Labute approximate surface area is 175 Å². The topological polar surface area (TPSA) is 55.3 Å². The lowest BCUT2D eigenvalue weighted by molar-refractivity contribution is 0.144. The summed E-state index contributed by atoms with van der Waals surface area (Å²) in [6.45, 7) is 8.01. The van der Waals surface area contributed by atoms with Crippen LogP contribution >= 0.6 is 24.0 Å². The first kappa shape index (κ1) is 24.8. The molecule has 1 rings (SSSR count). The molecule has 0 radical (unpaired) electrons. The largest absolute Gasteiger partial charge is 0.497 e. The molecule has 0 saturated heterocycles. The Morgan fingerprint density at radius 3 is 2.54 bits per heavy atom. The maximum absolute atomic E-state index is 5.48. The number of guanidine groups is 1. The summed E-state index contributed by atoms with van der Waals surface area (Å²) in [5.41, 5.74) is 1.09. The summed E-state index contributed by atoms with van der Waals surface area (Å²) in [6.07, 6.45) is 2.06. The van der Waals surface area contributed by atoms with Crippen molar-refractivity contribution in [3.63, 3.8) is 0 Å². The number of hydrogen-bond donors (Lipinski definition) is 1. The molecule has 0 fully saturated rings. The van der Waals surface area contributed by atoms with Crippen molar-refractivity contribution >= 4 is 29.9 Å². The maximum atomic E-state index is 5.48. The second kappa shape index (κ2) is 14.9. The summed E-state index contributed by atoms with van der Waals surface area (Å²) >= 11 is 0. The summed E-state index contributed by atoms with van der Waals surface area (Å²) in [4.78, 5) is 6.81. The minimum atomic E-state index is 0. The first-order valence-corrected chi connectivity index (χ1v) is 8.94. The van der Waals surface area contributed by atoms with E-state index in [0.717, 1.165) is 62.2 Å². The predicted molar refractivity (Wildman–Crippen MR) is 118 cm³/mol. The van der Waals surface area contributed by atoms with Gasteiger partial charge in [-0.15, -0.1) is 24.0 Å². The van der Waals surface area contributed by atoms with E-state index >= 15 is 0 Å². The number of benzene rings is 1. The third-order valence-electron chi connectivity index (χ3n) is 3.76. The number of hydrogen-bond acceptors (Lipinski definition) is 4. The van der Waals surface area contributed by atoms with E-state index in [9.17, 15) is 0 Å². The van der Waals surface area contributed by atoms with Gasteiger partial charge in [0.25, 0.3) is 0 Å². The molecule has 0 aliphatic rings. The third kappa shape index (κ3) is 8.93. The summed E-state index contributed by atoms with van der Waals surface area (Å²) in [5.74, 6) is 2.51. The summed E-state index contributed by atoms with van der Waals surface area (Å²) in [5, 5.41) is 3.34. The van der Waals surface area contributed by atoms with E-state index in [2.05, 4.69) is 17.1 Å². The van der Waals surface area contributed by atoms with Crippen LogP contribution in [0, 0.1) is 0 Å². The fourth-order valence-electron chi connectivity index (χ4n) is 2.43. The van der Waals surface area contributed by atoms with Gasteiger partial charge in [0.2, 0.25) is 0 Å². The molecule has 0 aliphatic carbocycles. The van der Waals surface area contributed by atoms with Crippen LogP contribution in [0.1, 0.15) is 32.3 Å². The minimum Gasteiger partial charge on any atom is -0.497 e. The zero-order chi connectivity index (χ0) is 18.5. The Morgan fingerprint density at radius 1 is 1.15 bits per heavy atom. The lowest BCUT2D eigenvalue weighted by Gasteiger charge is -2.23. The molecule has 1 N–H and O–H groups in total. The van der Waals surface area contributed by atoms with Gasteiger partial charge in [0, 0.05) is 51.5 Å². The minimum absolute atomic E-state index is 0. The molecule has 150 valence electrons. The van der Waals surface area contributed by atoms with Crippen molar-refractivity contribution in [2.45, 2.75) is 33.2 Å². The molecule has 7 heteroatoms. The molecule has 1 aromatic carbocycles. The van der Waals surface area contributed by atoms with E-state index in [0.29, 0.717) is 6.54 Å². The molecule has 0 aliphatic heterocycles. The monoisotopic (exact) mass is 479 g/mol. The molecule has 0 unspecified atom stereocenters.